The van der Waals surface area contributed by atoms with E-state index in [1.165, 1.54) is 6.33 Å². The number of hydrogen-bond acceptors (Lipinski definition) is 7. The molecule has 2 rings (SSSR count). The third-order valence-electron chi connectivity index (χ3n) is 3.53. The average Bonchev–Trinajstić information content (AvgIpc) is 2.89. The first-order valence-corrected chi connectivity index (χ1v) is 6.36. The molecule has 3 N–H and O–H groups in total. The van der Waals surface area contributed by atoms with Crippen LogP contribution in [0.3, 0.4) is 0 Å². The number of ether oxygens (including phenoxy) is 2. The van der Waals surface area contributed by atoms with Gasteiger partial charge in [0.25, 0.3) is 0 Å². The Morgan fingerprint density at radius 2 is 1.95 bits per heavy atom. The number of anilines is 2. The second-order valence-electron chi connectivity index (χ2n) is 4.48. The molecule has 2 atom stereocenters. The zero-order valence-electron chi connectivity index (χ0n) is 11.6. The quantitative estimate of drug-likeness (QED) is 0.581. The van der Waals surface area contributed by atoms with E-state index < -0.39 is 0 Å². The minimum atomic E-state index is 0.0546. The standard InChI is InChI=1S/C12H21N5O2/c1-4-8-11(16-13)14-7-15-12(8)17-5-9(18-2)10(6-17)19-3/h7,9-10H,4-6,13H2,1-3H3,(H,14,15,16). The molecule has 2 unspecified atom stereocenters. The van der Waals surface area contributed by atoms with Crippen LogP contribution in [0.4, 0.5) is 11.6 Å². The highest BCUT2D eigenvalue weighted by atomic mass is 16.5. The van der Waals surface area contributed by atoms with Gasteiger partial charge in [-0.05, 0) is 6.42 Å². The van der Waals surface area contributed by atoms with Crippen molar-refractivity contribution in [3.05, 3.63) is 11.9 Å². The van der Waals surface area contributed by atoms with Gasteiger partial charge in [0.1, 0.15) is 30.2 Å². The third-order valence-corrected chi connectivity index (χ3v) is 3.53. The smallest absolute Gasteiger partial charge is 0.148 e. The zero-order chi connectivity index (χ0) is 13.8. The molecule has 1 aliphatic heterocycles. The van der Waals surface area contributed by atoms with E-state index in [0.29, 0.717) is 5.82 Å². The molecule has 7 heteroatoms. The Labute approximate surface area is 113 Å². The summed E-state index contributed by atoms with van der Waals surface area (Å²) in [6.45, 7) is 3.56. The largest absolute Gasteiger partial charge is 0.377 e. The molecule has 7 nitrogen and oxygen atoms in total. The summed E-state index contributed by atoms with van der Waals surface area (Å²) in [5.41, 5.74) is 3.63. The summed E-state index contributed by atoms with van der Waals surface area (Å²) in [7, 11) is 3.40. The number of nitrogens with zero attached hydrogens (tertiary/aromatic N) is 3. The Morgan fingerprint density at radius 1 is 1.32 bits per heavy atom. The molecule has 0 amide bonds. The minimum absolute atomic E-state index is 0.0546. The summed E-state index contributed by atoms with van der Waals surface area (Å²) in [6.07, 6.45) is 2.44. The van der Waals surface area contributed by atoms with Crippen molar-refractivity contribution in [2.24, 2.45) is 5.84 Å². The lowest BCUT2D eigenvalue weighted by atomic mass is 10.2. The number of hydrogen-bond donors (Lipinski definition) is 2. The first kappa shape index (κ1) is 14.0. The number of rotatable bonds is 5. The van der Waals surface area contributed by atoms with Gasteiger partial charge < -0.3 is 19.8 Å². The second-order valence-corrected chi connectivity index (χ2v) is 4.48. The predicted octanol–water partition coefficient (Wildman–Crippen LogP) is 0.175. The molecule has 1 aromatic heterocycles. The van der Waals surface area contributed by atoms with Gasteiger partial charge in [0, 0.05) is 32.9 Å². The van der Waals surface area contributed by atoms with Crippen molar-refractivity contribution in [2.45, 2.75) is 25.6 Å². The number of methoxy groups -OCH3 is 2. The summed E-state index contributed by atoms with van der Waals surface area (Å²) < 4.78 is 10.9. The van der Waals surface area contributed by atoms with Crippen LogP contribution in [0.5, 0.6) is 0 Å². The van der Waals surface area contributed by atoms with Gasteiger partial charge in [-0.1, -0.05) is 6.92 Å². The van der Waals surface area contributed by atoms with Crippen molar-refractivity contribution in [3.8, 4) is 0 Å². The van der Waals surface area contributed by atoms with Crippen LogP contribution in [0.15, 0.2) is 6.33 Å². The number of nitrogens with one attached hydrogen (secondary N) is 1. The second kappa shape index (κ2) is 6.14. The molecule has 0 aliphatic carbocycles. The van der Waals surface area contributed by atoms with E-state index in [0.717, 1.165) is 30.9 Å². The van der Waals surface area contributed by atoms with Crippen LogP contribution in [-0.4, -0.2) is 49.5 Å². The lowest BCUT2D eigenvalue weighted by Gasteiger charge is -2.21. The van der Waals surface area contributed by atoms with Crippen LogP contribution in [0.1, 0.15) is 12.5 Å². The molecule has 2 heterocycles. The fraction of sp³-hybridized carbons (Fsp3) is 0.667. The average molecular weight is 267 g/mol. The van der Waals surface area contributed by atoms with E-state index in [1.807, 2.05) is 0 Å². The van der Waals surface area contributed by atoms with Crippen molar-refractivity contribution in [1.29, 1.82) is 0 Å². The van der Waals surface area contributed by atoms with Gasteiger partial charge in [0.05, 0.1) is 0 Å². The maximum absolute atomic E-state index is 5.49. The molecule has 106 valence electrons. The van der Waals surface area contributed by atoms with E-state index >= 15 is 0 Å². The van der Waals surface area contributed by atoms with Crippen LogP contribution in [-0.2, 0) is 15.9 Å². The maximum Gasteiger partial charge on any atom is 0.148 e. The maximum atomic E-state index is 5.49. The summed E-state index contributed by atoms with van der Waals surface area (Å²) in [4.78, 5) is 10.7. The van der Waals surface area contributed by atoms with Crippen LogP contribution < -0.4 is 16.2 Å². The van der Waals surface area contributed by atoms with Gasteiger partial charge in [0.15, 0.2) is 0 Å². The lowest BCUT2D eigenvalue weighted by Crippen LogP contribution is -2.27. The molecule has 0 radical (unpaired) electrons. The molecule has 1 aliphatic rings. The van der Waals surface area contributed by atoms with Crippen LogP contribution in [0.2, 0.25) is 0 Å². The number of aromatic nitrogens is 2. The highest BCUT2D eigenvalue weighted by Crippen LogP contribution is 2.28. The van der Waals surface area contributed by atoms with Gasteiger partial charge >= 0.3 is 0 Å². The Morgan fingerprint density at radius 3 is 2.42 bits per heavy atom. The molecule has 1 fully saturated rings. The Bertz CT molecular complexity index is 417. The molecule has 0 aromatic carbocycles. The highest BCUT2D eigenvalue weighted by molar-refractivity contribution is 5.59. The third kappa shape index (κ3) is 2.63. The Balaban J connectivity index is 2.28. The first-order chi connectivity index (χ1) is 9.24. The fourth-order valence-electron chi connectivity index (χ4n) is 2.50. The van der Waals surface area contributed by atoms with Gasteiger partial charge in [-0.3, -0.25) is 0 Å². The molecule has 0 bridgehead atoms. The monoisotopic (exact) mass is 267 g/mol. The first-order valence-electron chi connectivity index (χ1n) is 6.36. The zero-order valence-corrected chi connectivity index (χ0v) is 11.6. The lowest BCUT2D eigenvalue weighted by molar-refractivity contribution is -0.00461. The molecular weight excluding hydrogens is 246 g/mol. The van der Waals surface area contributed by atoms with E-state index in [-0.39, 0.29) is 12.2 Å². The molecule has 1 saturated heterocycles. The van der Waals surface area contributed by atoms with Gasteiger partial charge in [-0.25, -0.2) is 15.8 Å². The Kier molecular flexibility index (Phi) is 4.52. The summed E-state index contributed by atoms with van der Waals surface area (Å²) in [6, 6.07) is 0. The van der Waals surface area contributed by atoms with E-state index in [2.05, 4.69) is 27.2 Å². The van der Waals surface area contributed by atoms with E-state index in [9.17, 15) is 0 Å². The SMILES string of the molecule is CCc1c(NN)ncnc1N1CC(OC)C(OC)C1. The van der Waals surface area contributed by atoms with Crippen molar-refractivity contribution in [1.82, 2.24) is 9.97 Å². The number of nitrogen functional groups attached to an aromatic ring is 1. The fourth-order valence-corrected chi connectivity index (χ4v) is 2.50. The van der Waals surface area contributed by atoms with E-state index in [4.69, 9.17) is 15.3 Å². The molecule has 19 heavy (non-hydrogen) atoms. The van der Waals surface area contributed by atoms with Crippen LogP contribution in [0.25, 0.3) is 0 Å². The van der Waals surface area contributed by atoms with Crippen molar-refractivity contribution in [2.75, 3.05) is 37.6 Å². The van der Waals surface area contributed by atoms with Gasteiger partial charge in [0.2, 0.25) is 0 Å². The van der Waals surface area contributed by atoms with Gasteiger partial charge in [-0.15, -0.1) is 0 Å². The van der Waals surface area contributed by atoms with Gasteiger partial charge in [-0.2, -0.15) is 0 Å². The van der Waals surface area contributed by atoms with Crippen LogP contribution >= 0.6 is 0 Å². The summed E-state index contributed by atoms with van der Waals surface area (Å²) >= 11 is 0. The molecule has 0 saturated carbocycles. The minimum Gasteiger partial charge on any atom is -0.377 e. The topological polar surface area (TPSA) is 85.5 Å². The molecule has 1 aromatic rings. The summed E-state index contributed by atoms with van der Waals surface area (Å²) in [5, 5.41) is 0. The molecular formula is C12H21N5O2. The Hall–Kier alpha value is -1.44. The predicted molar refractivity (Wildman–Crippen MR) is 73.0 cm³/mol. The normalized spacial score (nSPS) is 22.8. The number of nitrogens with two attached hydrogens (primary N) is 1. The summed E-state index contributed by atoms with van der Waals surface area (Å²) in [5.74, 6) is 7.06. The van der Waals surface area contributed by atoms with Crippen LogP contribution in [0, 0.1) is 0 Å². The van der Waals surface area contributed by atoms with E-state index in [1.54, 1.807) is 14.2 Å². The highest BCUT2D eigenvalue weighted by Gasteiger charge is 2.34. The molecule has 0 spiro atoms. The van der Waals surface area contributed by atoms with Crippen molar-refractivity contribution < 1.29 is 9.47 Å². The van der Waals surface area contributed by atoms with Crippen molar-refractivity contribution in [3.63, 3.8) is 0 Å². The number of hydrazine groups is 1. The van der Waals surface area contributed by atoms with Crippen molar-refractivity contribution >= 4 is 11.6 Å².